The summed E-state index contributed by atoms with van der Waals surface area (Å²) in [6, 6.07) is 23.9. The summed E-state index contributed by atoms with van der Waals surface area (Å²) in [5, 5.41) is 16.8. The molecule has 2 aromatic heterocycles. The van der Waals surface area contributed by atoms with E-state index in [1.807, 2.05) is 67.0 Å². The molecule has 1 atom stereocenters. The molecular weight excluding hydrogens is 336 g/mol. The lowest BCUT2D eigenvalue weighted by atomic mass is 9.88. The molecule has 1 unspecified atom stereocenters. The van der Waals surface area contributed by atoms with Gasteiger partial charge < -0.3 is 9.63 Å². The van der Waals surface area contributed by atoms with Crippen molar-refractivity contribution in [2.75, 3.05) is 0 Å². The lowest BCUT2D eigenvalue weighted by Gasteiger charge is -2.18. The van der Waals surface area contributed by atoms with E-state index in [-0.39, 0.29) is 11.9 Å². The van der Waals surface area contributed by atoms with Crippen LogP contribution < -0.4 is 9.67 Å². The predicted octanol–water partition coefficient (Wildman–Crippen LogP) is 3.84. The van der Waals surface area contributed by atoms with Crippen molar-refractivity contribution in [3.63, 3.8) is 0 Å². The Kier molecular flexibility index (Phi) is 4.71. The lowest BCUT2D eigenvalue weighted by Crippen LogP contribution is -2.36. The fraction of sp³-hybridized carbons (Fsp3) is 0.130. The number of aromatic nitrogens is 2. The summed E-state index contributed by atoms with van der Waals surface area (Å²) < 4.78 is 7.18. The summed E-state index contributed by atoms with van der Waals surface area (Å²) in [4.78, 5) is 0. The maximum absolute atomic E-state index is 12.7. The number of nitrogens with zero attached hydrogens (tertiary/aromatic N) is 2. The van der Waals surface area contributed by atoms with Crippen LogP contribution in [0.15, 0.2) is 89.7 Å². The van der Waals surface area contributed by atoms with Crippen molar-refractivity contribution in [1.29, 1.82) is 0 Å². The highest BCUT2D eigenvalue weighted by Crippen LogP contribution is 2.38. The smallest absolute Gasteiger partial charge is 0.168 e. The minimum Gasteiger partial charge on any atom is -0.544 e. The first kappa shape index (κ1) is 17.0. The molecule has 4 rings (SSSR count). The van der Waals surface area contributed by atoms with Gasteiger partial charge in [-0.1, -0.05) is 66.2 Å². The Labute approximate surface area is 158 Å². The van der Waals surface area contributed by atoms with Crippen LogP contribution in [0.4, 0.5) is 0 Å². The average molecular weight is 356 g/mol. The monoisotopic (exact) mass is 356 g/mol. The normalized spacial score (nSPS) is 12.0. The molecule has 4 nitrogen and oxygen atoms in total. The average Bonchev–Trinajstić information content (AvgIpc) is 3.09. The van der Waals surface area contributed by atoms with Gasteiger partial charge in [0.25, 0.3) is 0 Å². The molecule has 0 aliphatic carbocycles. The second kappa shape index (κ2) is 7.46. The van der Waals surface area contributed by atoms with Crippen LogP contribution in [0.5, 0.6) is 5.95 Å². The second-order valence-corrected chi connectivity index (χ2v) is 6.64. The molecule has 0 N–H and O–H groups in total. The minimum atomic E-state index is -0.378. The van der Waals surface area contributed by atoms with Gasteiger partial charge in [0.15, 0.2) is 18.9 Å². The first-order valence-electron chi connectivity index (χ1n) is 8.95. The Morgan fingerprint density at radius 3 is 2.44 bits per heavy atom. The third-order valence-corrected chi connectivity index (χ3v) is 4.71. The zero-order valence-electron chi connectivity index (χ0n) is 15.1. The summed E-state index contributed by atoms with van der Waals surface area (Å²) in [7, 11) is 0. The number of benzene rings is 2. The molecule has 0 bridgehead atoms. The van der Waals surface area contributed by atoms with E-state index in [0.29, 0.717) is 17.8 Å². The highest BCUT2D eigenvalue weighted by molar-refractivity contribution is 5.66. The molecule has 0 aliphatic rings. The quantitative estimate of drug-likeness (QED) is 0.511. The van der Waals surface area contributed by atoms with Gasteiger partial charge in [-0.25, -0.2) is 4.57 Å². The summed E-state index contributed by atoms with van der Waals surface area (Å²) in [6.45, 7) is 2.68. The Morgan fingerprint density at radius 1 is 0.963 bits per heavy atom. The highest BCUT2D eigenvalue weighted by atomic mass is 16.5. The SMILES string of the molecule is Cc1cccc(C(C[n+]2ccccc2)c2c(-c3ccccc3)noc2[O-])c1. The summed E-state index contributed by atoms with van der Waals surface area (Å²) in [5.41, 5.74) is 4.32. The fourth-order valence-electron chi connectivity index (χ4n) is 3.41. The largest absolute Gasteiger partial charge is 0.544 e. The van der Waals surface area contributed by atoms with Gasteiger partial charge in [0.2, 0.25) is 0 Å². The molecule has 2 aromatic carbocycles. The Morgan fingerprint density at radius 2 is 1.70 bits per heavy atom. The van der Waals surface area contributed by atoms with E-state index in [1.165, 1.54) is 0 Å². The van der Waals surface area contributed by atoms with Crippen LogP contribution in [-0.4, -0.2) is 5.16 Å². The molecule has 0 radical (unpaired) electrons. The van der Waals surface area contributed by atoms with Crippen LogP contribution in [0.25, 0.3) is 11.3 Å². The molecule has 0 spiro atoms. The lowest BCUT2D eigenvalue weighted by molar-refractivity contribution is -0.698. The topological polar surface area (TPSA) is 53.0 Å². The molecule has 0 fully saturated rings. The van der Waals surface area contributed by atoms with E-state index in [4.69, 9.17) is 4.52 Å². The van der Waals surface area contributed by atoms with Crippen LogP contribution in [0, 0.1) is 6.92 Å². The van der Waals surface area contributed by atoms with Crippen molar-refractivity contribution < 1.29 is 14.2 Å². The van der Waals surface area contributed by atoms with Crippen molar-refractivity contribution in [2.24, 2.45) is 0 Å². The van der Waals surface area contributed by atoms with Crippen LogP contribution in [-0.2, 0) is 6.54 Å². The molecule has 0 amide bonds. The van der Waals surface area contributed by atoms with E-state index < -0.39 is 0 Å². The van der Waals surface area contributed by atoms with Crippen LogP contribution in [0.1, 0.15) is 22.6 Å². The van der Waals surface area contributed by atoms with Crippen molar-refractivity contribution >= 4 is 0 Å². The number of hydrogen-bond donors (Lipinski definition) is 0. The van der Waals surface area contributed by atoms with Crippen molar-refractivity contribution in [3.05, 3.63) is 102 Å². The Bertz CT molecular complexity index is 1030. The molecule has 4 aromatic rings. The van der Waals surface area contributed by atoms with Gasteiger partial charge >= 0.3 is 0 Å². The summed E-state index contributed by atoms with van der Waals surface area (Å²) >= 11 is 0. The van der Waals surface area contributed by atoms with Crippen molar-refractivity contribution in [2.45, 2.75) is 19.4 Å². The van der Waals surface area contributed by atoms with E-state index in [1.54, 1.807) is 0 Å². The first-order chi connectivity index (χ1) is 13.2. The van der Waals surface area contributed by atoms with Crippen molar-refractivity contribution in [3.8, 4) is 17.2 Å². The van der Waals surface area contributed by atoms with Gasteiger partial charge in [0.05, 0.1) is 17.6 Å². The van der Waals surface area contributed by atoms with Gasteiger partial charge in [0, 0.05) is 23.3 Å². The third-order valence-electron chi connectivity index (χ3n) is 4.71. The second-order valence-electron chi connectivity index (χ2n) is 6.64. The zero-order chi connectivity index (χ0) is 18.6. The molecule has 27 heavy (non-hydrogen) atoms. The van der Waals surface area contributed by atoms with Gasteiger partial charge in [-0.15, -0.1) is 0 Å². The van der Waals surface area contributed by atoms with E-state index in [0.717, 1.165) is 16.7 Å². The molecule has 134 valence electrons. The third kappa shape index (κ3) is 3.60. The number of aryl methyl sites for hydroxylation is 1. The molecule has 0 saturated carbocycles. The Balaban J connectivity index is 1.86. The molecule has 0 saturated heterocycles. The first-order valence-corrected chi connectivity index (χ1v) is 8.95. The van der Waals surface area contributed by atoms with E-state index in [2.05, 4.69) is 34.8 Å². The summed E-state index contributed by atoms with van der Waals surface area (Å²) in [5.74, 6) is -0.539. The fourth-order valence-corrected chi connectivity index (χ4v) is 3.41. The zero-order valence-corrected chi connectivity index (χ0v) is 15.1. The van der Waals surface area contributed by atoms with E-state index >= 15 is 0 Å². The van der Waals surface area contributed by atoms with Gasteiger partial charge in [-0.05, 0) is 12.5 Å². The molecule has 0 aliphatic heterocycles. The van der Waals surface area contributed by atoms with Crippen LogP contribution >= 0.6 is 0 Å². The molecule has 4 heteroatoms. The number of pyridine rings is 1. The van der Waals surface area contributed by atoms with Gasteiger partial charge in [-0.3, -0.25) is 0 Å². The van der Waals surface area contributed by atoms with Gasteiger partial charge in [0.1, 0.15) is 0 Å². The number of hydrogen-bond acceptors (Lipinski definition) is 3. The maximum atomic E-state index is 12.7. The summed E-state index contributed by atoms with van der Waals surface area (Å²) in [6.07, 6.45) is 4.01. The molecule has 2 heterocycles. The predicted molar refractivity (Wildman–Crippen MR) is 101 cm³/mol. The van der Waals surface area contributed by atoms with Gasteiger partial charge in [-0.2, -0.15) is 5.16 Å². The number of rotatable bonds is 5. The van der Waals surface area contributed by atoms with Crippen LogP contribution in [0.3, 0.4) is 0 Å². The minimum absolute atomic E-state index is 0.161. The highest BCUT2D eigenvalue weighted by Gasteiger charge is 2.26. The molecular formula is C23H20N2O2. The maximum Gasteiger partial charge on any atom is 0.168 e. The van der Waals surface area contributed by atoms with Crippen LogP contribution in [0.2, 0.25) is 0 Å². The van der Waals surface area contributed by atoms with Crippen molar-refractivity contribution in [1.82, 2.24) is 5.16 Å². The standard InChI is InChI=1S/C23H20N2O2/c1-17-9-8-12-19(15-17)20(16-25-13-6-3-7-14-25)21-22(24-27-23(21)26)18-10-4-2-5-11-18/h2-15,20H,16H2,1H3. The Hall–Kier alpha value is -3.40. The van der Waals surface area contributed by atoms with E-state index in [9.17, 15) is 5.11 Å².